The number of ether oxygens (including phenoxy) is 1. The van der Waals surface area contributed by atoms with Crippen LogP contribution in [0.2, 0.25) is 0 Å². The predicted molar refractivity (Wildman–Crippen MR) is 68.3 cm³/mol. The molecule has 2 amide bonds. The molecule has 6 nitrogen and oxygen atoms in total. The summed E-state index contributed by atoms with van der Waals surface area (Å²) in [5, 5.41) is 8.71. The second-order valence-corrected chi connectivity index (χ2v) is 5.44. The van der Waals surface area contributed by atoms with Crippen molar-refractivity contribution in [3.8, 4) is 0 Å². The summed E-state index contributed by atoms with van der Waals surface area (Å²) in [6.45, 7) is 7.39. The van der Waals surface area contributed by atoms with Crippen LogP contribution in [0.4, 0.5) is 4.79 Å². The first-order chi connectivity index (χ1) is 8.37. The van der Waals surface area contributed by atoms with Crippen LogP contribution < -0.4 is 16.0 Å². The Balaban J connectivity index is 1.98. The number of carbonyl (C=O) groups excluding carboxylic acids is 2. The fourth-order valence-electron chi connectivity index (χ4n) is 1.67. The summed E-state index contributed by atoms with van der Waals surface area (Å²) in [5.41, 5.74) is -0.467. The lowest BCUT2D eigenvalue weighted by atomic mass is 10.2. The van der Waals surface area contributed by atoms with Crippen LogP contribution in [-0.2, 0) is 9.53 Å². The first kappa shape index (κ1) is 14.8. The second-order valence-electron chi connectivity index (χ2n) is 5.44. The van der Waals surface area contributed by atoms with E-state index in [1.807, 2.05) is 20.8 Å². The molecule has 0 aliphatic carbocycles. The van der Waals surface area contributed by atoms with Gasteiger partial charge in [0, 0.05) is 32.1 Å². The van der Waals surface area contributed by atoms with E-state index in [0.29, 0.717) is 19.5 Å². The van der Waals surface area contributed by atoms with Crippen molar-refractivity contribution in [3.63, 3.8) is 0 Å². The highest BCUT2D eigenvalue weighted by molar-refractivity contribution is 5.78. The number of hydrogen-bond acceptors (Lipinski definition) is 4. The van der Waals surface area contributed by atoms with E-state index in [4.69, 9.17) is 4.74 Å². The van der Waals surface area contributed by atoms with E-state index in [2.05, 4.69) is 16.0 Å². The zero-order valence-corrected chi connectivity index (χ0v) is 11.3. The smallest absolute Gasteiger partial charge is 0.407 e. The molecule has 18 heavy (non-hydrogen) atoms. The number of hydrogen-bond donors (Lipinski definition) is 3. The van der Waals surface area contributed by atoms with Gasteiger partial charge in [-0.2, -0.15) is 0 Å². The molecule has 1 saturated heterocycles. The number of nitrogens with one attached hydrogen (secondary N) is 3. The zero-order valence-electron chi connectivity index (χ0n) is 11.3. The first-order valence-electron chi connectivity index (χ1n) is 6.34. The Bertz CT molecular complexity index is 299. The molecule has 1 rings (SSSR count). The molecule has 6 heteroatoms. The molecule has 3 N–H and O–H groups in total. The van der Waals surface area contributed by atoms with Crippen molar-refractivity contribution in [2.45, 2.75) is 45.3 Å². The van der Waals surface area contributed by atoms with Crippen LogP contribution in [0.5, 0.6) is 0 Å². The summed E-state index contributed by atoms with van der Waals surface area (Å²) >= 11 is 0. The lowest BCUT2D eigenvalue weighted by molar-refractivity contribution is -0.119. The Morgan fingerprint density at radius 1 is 1.44 bits per heavy atom. The molecular formula is C12H23N3O3. The van der Waals surface area contributed by atoms with E-state index in [1.165, 1.54) is 0 Å². The van der Waals surface area contributed by atoms with Crippen LogP contribution in [-0.4, -0.2) is 43.3 Å². The van der Waals surface area contributed by atoms with E-state index in [9.17, 15) is 9.59 Å². The largest absolute Gasteiger partial charge is 0.444 e. The van der Waals surface area contributed by atoms with Gasteiger partial charge in [0.1, 0.15) is 5.60 Å². The third-order valence-corrected chi connectivity index (χ3v) is 2.45. The van der Waals surface area contributed by atoms with Gasteiger partial charge < -0.3 is 20.7 Å². The van der Waals surface area contributed by atoms with Gasteiger partial charge in [0.2, 0.25) is 5.91 Å². The van der Waals surface area contributed by atoms with Crippen LogP contribution in [0.25, 0.3) is 0 Å². The molecule has 0 saturated carbocycles. The van der Waals surface area contributed by atoms with Crippen LogP contribution in [0.3, 0.4) is 0 Å². The fraction of sp³-hybridized carbons (Fsp3) is 0.833. The highest BCUT2D eigenvalue weighted by Gasteiger charge is 2.19. The van der Waals surface area contributed by atoms with Gasteiger partial charge in [-0.3, -0.25) is 4.79 Å². The van der Waals surface area contributed by atoms with Crippen molar-refractivity contribution < 1.29 is 14.3 Å². The fourth-order valence-corrected chi connectivity index (χ4v) is 1.67. The zero-order chi connectivity index (χ0) is 13.6. The van der Waals surface area contributed by atoms with E-state index < -0.39 is 11.7 Å². The molecule has 1 unspecified atom stereocenters. The Morgan fingerprint density at radius 2 is 2.17 bits per heavy atom. The van der Waals surface area contributed by atoms with Crippen LogP contribution in [0.15, 0.2) is 0 Å². The highest BCUT2D eigenvalue weighted by atomic mass is 16.6. The molecule has 104 valence electrons. The lowest BCUT2D eigenvalue weighted by Gasteiger charge is -2.19. The molecule has 1 heterocycles. The van der Waals surface area contributed by atoms with Gasteiger partial charge in [0.15, 0.2) is 0 Å². The molecule has 1 aliphatic heterocycles. The van der Waals surface area contributed by atoms with Crippen LogP contribution in [0.1, 0.15) is 33.6 Å². The molecule has 0 aromatic carbocycles. The number of rotatable bonds is 5. The van der Waals surface area contributed by atoms with Gasteiger partial charge in [-0.25, -0.2) is 4.79 Å². The van der Waals surface area contributed by atoms with Crippen molar-refractivity contribution in [2.24, 2.45) is 0 Å². The monoisotopic (exact) mass is 257 g/mol. The number of amides is 2. The van der Waals surface area contributed by atoms with Crippen molar-refractivity contribution in [2.75, 3.05) is 19.6 Å². The molecular weight excluding hydrogens is 234 g/mol. The molecule has 0 aromatic rings. The molecule has 0 bridgehead atoms. The van der Waals surface area contributed by atoms with Crippen molar-refractivity contribution in [1.29, 1.82) is 0 Å². The van der Waals surface area contributed by atoms with Gasteiger partial charge in [0.05, 0.1) is 0 Å². The topological polar surface area (TPSA) is 79.5 Å². The van der Waals surface area contributed by atoms with Crippen LogP contribution in [0, 0.1) is 0 Å². The van der Waals surface area contributed by atoms with Gasteiger partial charge in [-0.1, -0.05) is 0 Å². The number of alkyl carbamates (subject to hydrolysis) is 1. The van der Waals surface area contributed by atoms with Gasteiger partial charge in [0.25, 0.3) is 0 Å². The average Bonchev–Trinajstić information content (AvgIpc) is 2.61. The van der Waals surface area contributed by atoms with Crippen molar-refractivity contribution >= 4 is 12.0 Å². The maximum absolute atomic E-state index is 11.3. The van der Waals surface area contributed by atoms with Crippen molar-refractivity contribution in [3.05, 3.63) is 0 Å². The number of carbonyl (C=O) groups is 2. The Labute approximate surface area is 108 Å². The average molecular weight is 257 g/mol. The molecule has 1 atom stereocenters. The van der Waals surface area contributed by atoms with E-state index in [-0.39, 0.29) is 11.9 Å². The lowest BCUT2D eigenvalue weighted by Crippen LogP contribution is -2.40. The van der Waals surface area contributed by atoms with Gasteiger partial charge in [-0.05, 0) is 27.2 Å². The minimum absolute atomic E-state index is 0.119. The van der Waals surface area contributed by atoms with Crippen molar-refractivity contribution in [1.82, 2.24) is 16.0 Å². The minimum Gasteiger partial charge on any atom is -0.444 e. The van der Waals surface area contributed by atoms with Crippen LogP contribution >= 0.6 is 0 Å². The summed E-state index contributed by atoms with van der Waals surface area (Å²) in [5.74, 6) is 0.119. The highest BCUT2D eigenvalue weighted by Crippen LogP contribution is 2.06. The third kappa shape index (κ3) is 6.44. The Kier molecular flexibility index (Phi) is 5.40. The molecule has 0 aromatic heterocycles. The Morgan fingerprint density at radius 3 is 2.72 bits per heavy atom. The summed E-state index contributed by atoms with van der Waals surface area (Å²) < 4.78 is 5.10. The normalized spacial score (nSPS) is 19.5. The first-order valence-corrected chi connectivity index (χ1v) is 6.34. The second kappa shape index (κ2) is 6.58. The maximum atomic E-state index is 11.3. The summed E-state index contributed by atoms with van der Waals surface area (Å²) in [7, 11) is 0. The molecule has 1 aliphatic rings. The minimum atomic E-state index is -0.467. The van der Waals surface area contributed by atoms with Gasteiger partial charge >= 0.3 is 6.09 Å². The summed E-state index contributed by atoms with van der Waals surface area (Å²) in [6, 6.07) is 0.221. The third-order valence-electron chi connectivity index (χ3n) is 2.45. The maximum Gasteiger partial charge on any atom is 0.407 e. The van der Waals surface area contributed by atoms with E-state index >= 15 is 0 Å². The Hall–Kier alpha value is -1.30. The quantitative estimate of drug-likeness (QED) is 0.622. The molecule has 0 radical (unpaired) electrons. The predicted octanol–water partition coefficient (Wildman–Crippen LogP) is 0.379. The van der Waals surface area contributed by atoms with E-state index in [0.717, 1.165) is 13.0 Å². The van der Waals surface area contributed by atoms with Gasteiger partial charge in [-0.15, -0.1) is 0 Å². The SMILES string of the molecule is CC(C)(C)OC(=O)NCCNCC1CCC(=O)N1. The van der Waals surface area contributed by atoms with E-state index in [1.54, 1.807) is 0 Å². The standard InChI is InChI=1S/C12H23N3O3/c1-12(2,3)18-11(17)14-7-6-13-8-9-4-5-10(16)15-9/h9,13H,4-8H2,1-3H3,(H,14,17)(H,15,16). The molecule has 1 fully saturated rings. The molecule has 0 spiro atoms. The summed E-state index contributed by atoms with van der Waals surface area (Å²) in [4.78, 5) is 22.3. The summed E-state index contributed by atoms with van der Waals surface area (Å²) in [6.07, 6.45) is 1.09.